The van der Waals surface area contributed by atoms with Crippen LogP contribution in [0, 0.1) is 0 Å². The van der Waals surface area contributed by atoms with Gasteiger partial charge >= 0.3 is 0 Å². The maximum absolute atomic E-state index is 10.0. The summed E-state index contributed by atoms with van der Waals surface area (Å²) in [6.45, 7) is 1.20. The minimum atomic E-state index is -0.537. The van der Waals surface area contributed by atoms with Crippen molar-refractivity contribution in [1.29, 1.82) is 0 Å². The molecule has 0 radical (unpaired) electrons. The van der Waals surface area contributed by atoms with Crippen LogP contribution < -0.4 is 10.1 Å². The Morgan fingerprint density at radius 3 is 2.35 bits per heavy atom. The molecule has 106 valence electrons. The SMILES string of the molecule is COc1ccc(CNC[C@@H](O)c2ccc(Cl)cc2)cc1. The third-order valence-electron chi connectivity index (χ3n) is 3.08. The monoisotopic (exact) mass is 291 g/mol. The van der Waals surface area contributed by atoms with E-state index < -0.39 is 6.10 Å². The fraction of sp³-hybridized carbons (Fsp3) is 0.250. The lowest BCUT2D eigenvalue weighted by molar-refractivity contribution is 0.174. The molecule has 0 saturated carbocycles. The van der Waals surface area contributed by atoms with Crippen molar-refractivity contribution in [1.82, 2.24) is 5.32 Å². The zero-order valence-corrected chi connectivity index (χ0v) is 12.1. The van der Waals surface area contributed by atoms with Crippen molar-refractivity contribution in [3.8, 4) is 5.75 Å². The first kappa shape index (κ1) is 14.9. The van der Waals surface area contributed by atoms with Gasteiger partial charge in [-0.1, -0.05) is 35.9 Å². The summed E-state index contributed by atoms with van der Waals surface area (Å²) in [5.74, 6) is 0.843. The summed E-state index contributed by atoms with van der Waals surface area (Å²) in [6, 6.07) is 15.1. The van der Waals surface area contributed by atoms with Gasteiger partial charge in [0.05, 0.1) is 13.2 Å². The number of nitrogens with one attached hydrogen (secondary N) is 1. The Morgan fingerprint density at radius 2 is 1.75 bits per heavy atom. The second kappa shape index (κ2) is 7.29. The fourth-order valence-electron chi connectivity index (χ4n) is 1.90. The van der Waals surface area contributed by atoms with Crippen LogP contribution in [0.5, 0.6) is 5.75 Å². The van der Waals surface area contributed by atoms with E-state index in [4.69, 9.17) is 16.3 Å². The van der Waals surface area contributed by atoms with Crippen molar-refractivity contribution < 1.29 is 9.84 Å². The molecule has 0 amide bonds. The van der Waals surface area contributed by atoms with Gasteiger partial charge in [0.1, 0.15) is 5.75 Å². The lowest BCUT2D eigenvalue weighted by Crippen LogP contribution is -2.21. The largest absolute Gasteiger partial charge is 0.497 e. The molecule has 0 spiro atoms. The third-order valence-corrected chi connectivity index (χ3v) is 3.33. The number of halogens is 1. The van der Waals surface area contributed by atoms with Crippen LogP contribution >= 0.6 is 11.6 Å². The molecule has 0 aliphatic heterocycles. The van der Waals surface area contributed by atoms with Crippen molar-refractivity contribution in [3.05, 3.63) is 64.7 Å². The molecule has 2 rings (SSSR count). The van der Waals surface area contributed by atoms with Crippen molar-refractivity contribution >= 4 is 11.6 Å². The number of hydrogen-bond acceptors (Lipinski definition) is 3. The molecule has 3 nitrogen and oxygen atoms in total. The highest BCUT2D eigenvalue weighted by molar-refractivity contribution is 6.30. The second-order valence-electron chi connectivity index (χ2n) is 4.55. The zero-order chi connectivity index (χ0) is 14.4. The molecule has 20 heavy (non-hydrogen) atoms. The van der Waals surface area contributed by atoms with Gasteiger partial charge < -0.3 is 15.2 Å². The summed E-state index contributed by atoms with van der Waals surface area (Å²) in [4.78, 5) is 0. The van der Waals surface area contributed by atoms with Crippen molar-refractivity contribution in [2.45, 2.75) is 12.6 Å². The highest BCUT2D eigenvalue weighted by Crippen LogP contribution is 2.16. The molecule has 0 saturated heterocycles. The molecular weight excluding hydrogens is 274 g/mol. The molecule has 2 aromatic carbocycles. The van der Waals surface area contributed by atoms with E-state index in [2.05, 4.69) is 5.32 Å². The first-order chi connectivity index (χ1) is 9.69. The summed E-state index contributed by atoms with van der Waals surface area (Å²) in [5, 5.41) is 13.9. The highest BCUT2D eigenvalue weighted by atomic mass is 35.5. The van der Waals surface area contributed by atoms with E-state index in [1.54, 1.807) is 19.2 Å². The minimum Gasteiger partial charge on any atom is -0.497 e. The summed E-state index contributed by atoms with van der Waals surface area (Å²) < 4.78 is 5.11. The Bertz CT molecular complexity index is 525. The third kappa shape index (κ3) is 4.23. The second-order valence-corrected chi connectivity index (χ2v) is 4.98. The smallest absolute Gasteiger partial charge is 0.118 e. The van der Waals surface area contributed by atoms with Crippen LogP contribution in [0.25, 0.3) is 0 Å². The average molecular weight is 292 g/mol. The quantitative estimate of drug-likeness (QED) is 0.859. The van der Waals surface area contributed by atoms with Gasteiger partial charge in [0.2, 0.25) is 0 Å². The molecule has 2 aromatic rings. The lowest BCUT2D eigenvalue weighted by Gasteiger charge is -2.12. The number of aliphatic hydroxyl groups excluding tert-OH is 1. The molecule has 0 heterocycles. The molecule has 0 aromatic heterocycles. The fourth-order valence-corrected chi connectivity index (χ4v) is 2.03. The van der Waals surface area contributed by atoms with E-state index >= 15 is 0 Å². The molecule has 0 aliphatic carbocycles. The summed E-state index contributed by atoms with van der Waals surface area (Å²) >= 11 is 5.82. The number of methoxy groups -OCH3 is 1. The van der Waals surface area contributed by atoms with Gasteiger partial charge in [0.15, 0.2) is 0 Å². The Kier molecular flexibility index (Phi) is 5.41. The molecule has 0 bridgehead atoms. The van der Waals surface area contributed by atoms with Crippen LogP contribution in [0.2, 0.25) is 5.02 Å². The number of ether oxygens (including phenoxy) is 1. The van der Waals surface area contributed by atoms with E-state index in [0.717, 1.165) is 16.9 Å². The summed E-state index contributed by atoms with van der Waals surface area (Å²) in [6.07, 6.45) is -0.537. The number of rotatable bonds is 6. The topological polar surface area (TPSA) is 41.5 Å². The molecule has 4 heteroatoms. The Morgan fingerprint density at radius 1 is 1.10 bits per heavy atom. The van der Waals surface area contributed by atoms with Crippen LogP contribution in [-0.2, 0) is 6.54 Å². The van der Waals surface area contributed by atoms with Crippen LogP contribution in [0.4, 0.5) is 0 Å². The van der Waals surface area contributed by atoms with E-state index in [1.165, 1.54) is 0 Å². The Labute approximate surface area is 124 Å². The first-order valence-corrected chi connectivity index (χ1v) is 6.84. The van der Waals surface area contributed by atoms with Gasteiger partial charge in [-0.2, -0.15) is 0 Å². The normalized spacial score (nSPS) is 12.2. The first-order valence-electron chi connectivity index (χ1n) is 6.46. The number of aliphatic hydroxyl groups is 1. The van der Waals surface area contributed by atoms with Crippen molar-refractivity contribution in [3.63, 3.8) is 0 Å². The minimum absolute atomic E-state index is 0.494. The summed E-state index contributed by atoms with van der Waals surface area (Å²) in [7, 11) is 1.65. The van der Waals surface area contributed by atoms with Crippen LogP contribution in [0.1, 0.15) is 17.2 Å². The van der Waals surface area contributed by atoms with Crippen molar-refractivity contribution in [2.75, 3.05) is 13.7 Å². The van der Waals surface area contributed by atoms with Gasteiger partial charge in [0.25, 0.3) is 0 Å². The zero-order valence-electron chi connectivity index (χ0n) is 11.3. The maximum atomic E-state index is 10.0. The number of benzene rings is 2. The highest BCUT2D eigenvalue weighted by Gasteiger charge is 2.06. The van der Waals surface area contributed by atoms with E-state index in [1.807, 2.05) is 36.4 Å². The lowest BCUT2D eigenvalue weighted by atomic mass is 10.1. The van der Waals surface area contributed by atoms with Crippen LogP contribution in [0.15, 0.2) is 48.5 Å². The maximum Gasteiger partial charge on any atom is 0.118 e. The van der Waals surface area contributed by atoms with E-state index in [-0.39, 0.29) is 0 Å². The predicted octanol–water partition coefficient (Wildman–Crippen LogP) is 3.17. The average Bonchev–Trinajstić information content (AvgIpc) is 2.48. The standard InChI is InChI=1S/C16H18ClNO2/c1-20-15-8-2-12(3-9-15)10-18-11-16(19)13-4-6-14(17)7-5-13/h2-9,16,18-19H,10-11H2,1H3/t16-/m1/s1. The summed E-state index contributed by atoms with van der Waals surface area (Å²) in [5.41, 5.74) is 2.01. The predicted molar refractivity (Wildman–Crippen MR) is 81.1 cm³/mol. The van der Waals surface area contributed by atoms with Gasteiger partial charge in [0, 0.05) is 18.1 Å². The van der Waals surface area contributed by atoms with Gasteiger partial charge in [-0.15, -0.1) is 0 Å². The van der Waals surface area contributed by atoms with Gasteiger partial charge in [-0.3, -0.25) is 0 Å². The number of hydrogen-bond donors (Lipinski definition) is 2. The van der Waals surface area contributed by atoms with E-state index in [9.17, 15) is 5.11 Å². The van der Waals surface area contributed by atoms with Crippen molar-refractivity contribution in [2.24, 2.45) is 0 Å². The molecule has 1 atom stereocenters. The molecule has 0 unspecified atom stereocenters. The van der Waals surface area contributed by atoms with E-state index in [0.29, 0.717) is 18.1 Å². The Balaban J connectivity index is 1.81. The van der Waals surface area contributed by atoms with Gasteiger partial charge in [-0.05, 0) is 35.4 Å². The van der Waals surface area contributed by atoms with Crippen LogP contribution in [-0.4, -0.2) is 18.8 Å². The van der Waals surface area contributed by atoms with Crippen LogP contribution in [0.3, 0.4) is 0 Å². The molecular formula is C16H18ClNO2. The Hall–Kier alpha value is -1.55. The molecule has 2 N–H and O–H groups in total. The molecule has 0 aliphatic rings. The van der Waals surface area contributed by atoms with Gasteiger partial charge in [-0.25, -0.2) is 0 Å². The molecule has 0 fully saturated rings.